The number of para-hydroxylation sites is 1. The van der Waals surface area contributed by atoms with Crippen LogP contribution in [-0.4, -0.2) is 30.5 Å². The highest BCUT2D eigenvalue weighted by atomic mass is 19.1. The Bertz CT molecular complexity index is 375. The summed E-state index contributed by atoms with van der Waals surface area (Å²) >= 11 is 0. The molecule has 86 valence electrons. The Balaban J connectivity index is 1.87. The minimum atomic E-state index is -0.434. The predicted octanol–water partition coefficient (Wildman–Crippen LogP) is 1.83. The molecule has 1 heterocycles. The number of carbonyl (C=O) groups excluding carboxylic acids is 1. The summed E-state index contributed by atoms with van der Waals surface area (Å²) in [7, 11) is 0. The van der Waals surface area contributed by atoms with Crippen molar-refractivity contribution in [2.24, 2.45) is 0 Å². The molecule has 1 aliphatic heterocycles. The van der Waals surface area contributed by atoms with Crippen LogP contribution in [0.1, 0.15) is 12.8 Å². The first-order valence-corrected chi connectivity index (χ1v) is 5.42. The molecule has 1 amide bonds. The molecule has 0 unspecified atom stereocenters. The summed E-state index contributed by atoms with van der Waals surface area (Å²) < 4.78 is 18.3. The summed E-state index contributed by atoms with van der Waals surface area (Å²) in [4.78, 5) is 13.4. The quantitative estimate of drug-likeness (QED) is 0.782. The van der Waals surface area contributed by atoms with Gasteiger partial charge in [0.1, 0.15) is 0 Å². The first-order valence-electron chi connectivity index (χ1n) is 5.42. The molecule has 1 aromatic carbocycles. The third-order valence-corrected chi connectivity index (χ3v) is 2.65. The number of hydrogen-bond donors (Lipinski definition) is 0. The van der Waals surface area contributed by atoms with E-state index in [2.05, 4.69) is 0 Å². The van der Waals surface area contributed by atoms with Crippen molar-refractivity contribution in [2.75, 3.05) is 19.7 Å². The lowest BCUT2D eigenvalue weighted by Crippen LogP contribution is -2.32. The maximum Gasteiger partial charge on any atom is 0.260 e. The number of rotatable bonds is 3. The molecule has 4 heteroatoms. The van der Waals surface area contributed by atoms with Crippen LogP contribution < -0.4 is 4.74 Å². The van der Waals surface area contributed by atoms with Gasteiger partial charge in [0.2, 0.25) is 0 Å². The fourth-order valence-electron chi connectivity index (χ4n) is 1.76. The Morgan fingerprint density at radius 2 is 2.00 bits per heavy atom. The van der Waals surface area contributed by atoms with Gasteiger partial charge in [0.25, 0.3) is 5.91 Å². The Kier molecular flexibility index (Phi) is 3.39. The summed E-state index contributed by atoms with van der Waals surface area (Å²) in [6, 6.07) is 6.10. The molecule has 0 bridgehead atoms. The van der Waals surface area contributed by atoms with Gasteiger partial charge in [-0.3, -0.25) is 4.79 Å². The van der Waals surface area contributed by atoms with Crippen LogP contribution >= 0.6 is 0 Å². The Morgan fingerprint density at radius 1 is 1.31 bits per heavy atom. The summed E-state index contributed by atoms with van der Waals surface area (Å²) in [6.07, 6.45) is 2.09. The number of halogens is 1. The molecule has 0 aliphatic carbocycles. The molecule has 3 nitrogen and oxygen atoms in total. The smallest absolute Gasteiger partial charge is 0.260 e. The van der Waals surface area contributed by atoms with Crippen LogP contribution in [0.2, 0.25) is 0 Å². The van der Waals surface area contributed by atoms with Crippen molar-refractivity contribution < 1.29 is 13.9 Å². The summed E-state index contributed by atoms with van der Waals surface area (Å²) in [5, 5.41) is 0. The van der Waals surface area contributed by atoms with Crippen LogP contribution in [0.4, 0.5) is 4.39 Å². The molecule has 0 N–H and O–H groups in total. The number of ether oxygens (including phenoxy) is 1. The van der Waals surface area contributed by atoms with Gasteiger partial charge in [0.05, 0.1) is 0 Å². The lowest BCUT2D eigenvalue weighted by Gasteiger charge is -2.15. The van der Waals surface area contributed by atoms with Gasteiger partial charge in [-0.05, 0) is 25.0 Å². The highest BCUT2D eigenvalue weighted by Gasteiger charge is 2.18. The number of hydrogen-bond acceptors (Lipinski definition) is 2. The first kappa shape index (κ1) is 10.9. The molecule has 1 saturated heterocycles. The molecule has 2 rings (SSSR count). The van der Waals surface area contributed by atoms with Gasteiger partial charge in [0.15, 0.2) is 18.2 Å². The molecule has 0 saturated carbocycles. The van der Waals surface area contributed by atoms with Crippen LogP contribution in [0.3, 0.4) is 0 Å². The minimum absolute atomic E-state index is 0.0687. The zero-order valence-electron chi connectivity index (χ0n) is 8.99. The Morgan fingerprint density at radius 3 is 2.69 bits per heavy atom. The summed E-state index contributed by atoms with van der Waals surface area (Å²) in [6.45, 7) is 1.50. The minimum Gasteiger partial charge on any atom is -0.481 e. The van der Waals surface area contributed by atoms with E-state index in [4.69, 9.17) is 4.74 Å². The maximum absolute atomic E-state index is 13.2. The molecule has 0 atom stereocenters. The van der Waals surface area contributed by atoms with Gasteiger partial charge in [-0.25, -0.2) is 4.39 Å². The average Bonchev–Trinajstić information content (AvgIpc) is 2.81. The van der Waals surface area contributed by atoms with Gasteiger partial charge >= 0.3 is 0 Å². The molecule has 1 aromatic rings. The van der Waals surface area contributed by atoms with E-state index >= 15 is 0 Å². The monoisotopic (exact) mass is 223 g/mol. The lowest BCUT2D eigenvalue weighted by atomic mass is 10.3. The van der Waals surface area contributed by atoms with E-state index < -0.39 is 5.82 Å². The normalized spacial score (nSPS) is 15.2. The van der Waals surface area contributed by atoms with Crippen molar-refractivity contribution in [1.82, 2.24) is 4.90 Å². The number of amides is 1. The van der Waals surface area contributed by atoms with Crippen LogP contribution in [0, 0.1) is 5.82 Å². The van der Waals surface area contributed by atoms with Gasteiger partial charge < -0.3 is 9.64 Å². The van der Waals surface area contributed by atoms with E-state index in [1.54, 1.807) is 17.0 Å². The average molecular weight is 223 g/mol. The molecule has 0 radical (unpaired) electrons. The van der Waals surface area contributed by atoms with Crippen LogP contribution in [0.5, 0.6) is 5.75 Å². The fourth-order valence-corrected chi connectivity index (χ4v) is 1.76. The van der Waals surface area contributed by atoms with E-state index in [1.165, 1.54) is 12.1 Å². The van der Waals surface area contributed by atoms with Crippen molar-refractivity contribution in [2.45, 2.75) is 12.8 Å². The number of benzene rings is 1. The SMILES string of the molecule is O=C(COc1ccccc1F)N1CCCC1. The van der Waals surface area contributed by atoms with Gasteiger partial charge in [-0.1, -0.05) is 12.1 Å². The second kappa shape index (κ2) is 4.96. The molecule has 1 fully saturated rings. The van der Waals surface area contributed by atoms with Crippen molar-refractivity contribution in [3.8, 4) is 5.75 Å². The molecular weight excluding hydrogens is 209 g/mol. The van der Waals surface area contributed by atoms with E-state index in [0.29, 0.717) is 0 Å². The van der Waals surface area contributed by atoms with Crippen molar-refractivity contribution in [3.63, 3.8) is 0 Å². The number of carbonyl (C=O) groups is 1. The molecular formula is C12H14FNO2. The second-order valence-corrected chi connectivity index (χ2v) is 3.81. The van der Waals surface area contributed by atoms with Crippen molar-refractivity contribution in [1.29, 1.82) is 0 Å². The van der Waals surface area contributed by atoms with Gasteiger partial charge in [-0.15, -0.1) is 0 Å². The number of likely N-dealkylation sites (tertiary alicyclic amines) is 1. The van der Waals surface area contributed by atoms with E-state index in [0.717, 1.165) is 25.9 Å². The molecule has 16 heavy (non-hydrogen) atoms. The van der Waals surface area contributed by atoms with Crippen LogP contribution in [0.15, 0.2) is 24.3 Å². The predicted molar refractivity (Wildman–Crippen MR) is 57.7 cm³/mol. The molecule has 0 aromatic heterocycles. The Labute approximate surface area is 93.8 Å². The zero-order valence-corrected chi connectivity index (χ0v) is 8.99. The maximum atomic E-state index is 13.2. The van der Waals surface area contributed by atoms with Crippen molar-refractivity contribution in [3.05, 3.63) is 30.1 Å². The zero-order chi connectivity index (χ0) is 11.4. The Hall–Kier alpha value is -1.58. The van der Waals surface area contributed by atoms with Gasteiger partial charge in [-0.2, -0.15) is 0 Å². The van der Waals surface area contributed by atoms with E-state index in [-0.39, 0.29) is 18.3 Å². The van der Waals surface area contributed by atoms with Crippen molar-refractivity contribution >= 4 is 5.91 Å². The standard InChI is InChI=1S/C12H14FNO2/c13-10-5-1-2-6-11(10)16-9-12(15)14-7-3-4-8-14/h1-2,5-6H,3-4,7-9H2. The highest BCUT2D eigenvalue weighted by molar-refractivity contribution is 5.78. The highest BCUT2D eigenvalue weighted by Crippen LogP contribution is 2.15. The van der Waals surface area contributed by atoms with Gasteiger partial charge in [0, 0.05) is 13.1 Å². The van der Waals surface area contributed by atoms with Crippen LogP contribution in [0.25, 0.3) is 0 Å². The third kappa shape index (κ3) is 2.51. The van der Waals surface area contributed by atoms with E-state index in [1.807, 2.05) is 0 Å². The summed E-state index contributed by atoms with van der Waals surface area (Å²) in [5.41, 5.74) is 0. The lowest BCUT2D eigenvalue weighted by molar-refractivity contribution is -0.132. The largest absolute Gasteiger partial charge is 0.481 e. The summed E-state index contributed by atoms with van der Waals surface area (Å²) in [5.74, 6) is -0.368. The topological polar surface area (TPSA) is 29.5 Å². The number of nitrogens with zero attached hydrogens (tertiary/aromatic N) is 1. The van der Waals surface area contributed by atoms with Crippen LogP contribution in [-0.2, 0) is 4.79 Å². The third-order valence-electron chi connectivity index (χ3n) is 2.65. The molecule has 0 spiro atoms. The first-order chi connectivity index (χ1) is 7.77. The fraction of sp³-hybridized carbons (Fsp3) is 0.417. The van der Waals surface area contributed by atoms with E-state index in [9.17, 15) is 9.18 Å². The molecule has 1 aliphatic rings. The second-order valence-electron chi connectivity index (χ2n) is 3.81.